The zero-order valence-corrected chi connectivity index (χ0v) is 9.54. The number of carbonyl (C=O) groups is 1. The Hall–Kier alpha value is -2.56. The van der Waals surface area contributed by atoms with E-state index in [0.29, 0.717) is 6.61 Å². The van der Waals surface area contributed by atoms with Crippen LogP contribution in [0.3, 0.4) is 0 Å². The number of nitrogens with two attached hydrogens (primary N) is 1. The van der Waals surface area contributed by atoms with Gasteiger partial charge in [-0.15, -0.1) is 0 Å². The number of carboxylic acid groups (broad SMARTS) is 1. The van der Waals surface area contributed by atoms with Crippen LogP contribution in [0.25, 0.3) is 0 Å². The summed E-state index contributed by atoms with van der Waals surface area (Å²) < 4.78 is 5.41. The average Bonchev–Trinajstić information content (AvgIpc) is 2.38. The van der Waals surface area contributed by atoms with Gasteiger partial charge in [0.25, 0.3) is 0 Å². The van der Waals surface area contributed by atoms with E-state index in [1.165, 1.54) is 12.3 Å². The second kappa shape index (κ2) is 5.18. The first kappa shape index (κ1) is 11.9. The summed E-state index contributed by atoms with van der Waals surface area (Å²) in [6, 6.07) is 10.9. The van der Waals surface area contributed by atoms with E-state index in [9.17, 15) is 4.79 Å². The van der Waals surface area contributed by atoms with Gasteiger partial charge in [-0.3, -0.25) is 0 Å². The fourth-order valence-electron chi connectivity index (χ4n) is 1.44. The number of nitrogens with zero attached hydrogens (tertiary/aromatic N) is 1. The van der Waals surface area contributed by atoms with Crippen LogP contribution in [-0.4, -0.2) is 16.1 Å². The van der Waals surface area contributed by atoms with Crippen molar-refractivity contribution in [2.45, 2.75) is 6.61 Å². The maximum atomic E-state index is 10.9. The first-order valence-electron chi connectivity index (χ1n) is 5.32. The van der Waals surface area contributed by atoms with Crippen LogP contribution in [0.15, 0.2) is 42.6 Å². The molecular weight excluding hydrogens is 232 g/mol. The number of nitrogen functional groups attached to an aromatic ring is 1. The van der Waals surface area contributed by atoms with Crippen molar-refractivity contribution in [3.05, 3.63) is 53.7 Å². The molecule has 0 amide bonds. The molecule has 0 aliphatic carbocycles. The highest BCUT2D eigenvalue weighted by molar-refractivity contribution is 5.93. The van der Waals surface area contributed by atoms with Crippen molar-refractivity contribution in [2.24, 2.45) is 0 Å². The molecule has 0 saturated heterocycles. The second-order valence-electron chi connectivity index (χ2n) is 3.69. The number of hydrogen-bond acceptors (Lipinski definition) is 4. The van der Waals surface area contributed by atoms with Gasteiger partial charge < -0.3 is 15.6 Å². The highest BCUT2D eigenvalue weighted by atomic mass is 16.5. The molecule has 18 heavy (non-hydrogen) atoms. The monoisotopic (exact) mass is 244 g/mol. The average molecular weight is 244 g/mol. The molecule has 0 spiro atoms. The fourth-order valence-corrected chi connectivity index (χ4v) is 1.44. The van der Waals surface area contributed by atoms with Crippen LogP contribution in [0.5, 0.6) is 5.88 Å². The van der Waals surface area contributed by atoms with Gasteiger partial charge in [0.15, 0.2) is 0 Å². The third kappa shape index (κ3) is 2.76. The second-order valence-corrected chi connectivity index (χ2v) is 3.69. The summed E-state index contributed by atoms with van der Waals surface area (Å²) in [5, 5.41) is 8.91. The normalized spacial score (nSPS) is 10.0. The highest BCUT2D eigenvalue weighted by Gasteiger charge is 2.10. The molecule has 1 heterocycles. The number of anilines is 1. The quantitative estimate of drug-likeness (QED) is 0.858. The number of hydrogen-bond donors (Lipinski definition) is 2. The largest absolute Gasteiger partial charge is 0.478 e. The Morgan fingerprint density at radius 3 is 2.72 bits per heavy atom. The van der Waals surface area contributed by atoms with Crippen LogP contribution >= 0.6 is 0 Å². The van der Waals surface area contributed by atoms with Gasteiger partial charge in [-0.25, -0.2) is 9.78 Å². The molecule has 2 aromatic rings. The van der Waals surface area contributed by atoms with Crippen molar-refractivity contribution in [2.75, 3.05) is 5.73 Å². The Kier molecular flexibility index (Phi) is 3.43. The van der Waals surface area contributed by atoms with Crippen molar-refractivity contribution in [1.82, 2.24) is 4.98 Å². The zero-order chi connectivity index (χ0) is 13.0. The van der Waals surface area contributed by atoms with Crippen molar-refractivity contribution in [3.63, 3.8) is 0 Å². The van der Waals surface area contributed by atoms with E-state index in [-0.39, 0.29) is 17.1 Å². The summed E-state index contributed by atoms with van der Waals surface area (Å²) in [6.07, 6.45) is 1.28. The minimum Gasteiger partial charge on any atom is -0.478 e. The molecule has 0 radical (unpaired) electrons. The third-order valence-electron chi connectivity index (χ3n) is 2.37. The topological polar surface area (TPSA) is 85.4 Å². The van der Waals surface area contributed by atoms with Crippen molar-refractivity contribution in [1.29, 1.82) is 0 Å². The van der Waals surface area contributed by atoms with Gasteiger partial charge in [0.05, 0.1) is 17.4 Å². The lowest BCUT2D eigenvalue weighted by Gasteiger charge is -2.07. The number of pyridine rings is 1. The van der Waals surface area contributed by atoms with E-state index < -0.39 is 5.97 Å². The Labute approximate surface area is 104 Å². The fraction of sp³-hybridized carbons (Fsp3) is 0.0769. The van der Waals surface area contributed by atoms with E-state index >= 15 is 0 Å². The van der Waals surface area contributed by atoms with Gasteiger partial charge in [-0.05, 0) is 5.56 Å². The molecule has 0 aliphatic rings. The Balaban J connectivity index is 2.11. The highest BCUT2D eigenvalue weighted by Crippen LogP contribution is 2.17. The molecule has 0 aliphatic heterocycles. The van der Waals surface area contributed by atoms with Gasteiger partial charge in [0.1, 0.15) is 6.61 Å². The third-order valence-corrected chi connectivity index (χ3v) is 2.37. The van der Waals surface area contributed by atoms with E-state index in [4.69, 9.17) is 15.6 Å². The Morgan fingerprint density at radius 2 is 2.06 bits per heavy atom. The van der Waals surface area contributed by atoms with Gasteiger partial charge in [0, 0.05) is 6.07 Å². The SMILES string of the molecule is Nc1cnc(OCc2ccccc2)cc1C(=O)O. The molecule has 3 N–H and O–H groups in total. The van der Waals surface area contributed by atoms with Gasteiger partial charge in [0.2, 0.25) is 5.88 Å². The molecule has 1 aromatic heterocycles. The molecule has 1 aromatic carbocycles. The summed E-state index contributed by atoms with van der Waals surface area (Å²) in [5.74, 6) is -0.857. The Bertz CT molecular complexity index is 555. The van der Waals surface area contributed by atoms with E-state index in [2.05, 4.69) is 4.98 Å². The number of aromatic carboxylic acids is 1. The standard InChI is InChI=1S/C13H12N2O3/c14-11-7-15-12(6-10(11)13(16)17)18-8-9-4-2-1-3-5-9/h1-7H,8,14H2,(H,16,17). The van der Waals surface area contributed by atoms with Gasteiger partial charge in [-0.2, -0.15) is 0 Å². The summed E-state index contributed by atoms with van der Waals surface area (Å²) in [5.41, 5.74) is 6.59. The molecule has 5 heteroatoms. The zero-order valence-electron chi connectivity index (χ0n) is 9.54. The van der Waals surface area contributed by atoms with Crippen LogP contribution in [-0.2, 0) is 6.61 Å². The molecule has 0 saturated carbocycles. The van der Waals surface area contributed by atoms with Crippen LogP contribution < -0.4 is 10.5 Å². The summed E-state index contributed by atoms with van der Waals surface area (Å²) >= 11 is 0. The van der Waals surface area contributed by atoms with Crippen LogP contribution in [0.4, 0.5) is 5.69 Å². The summed E-state index contributed by atoms with van der Waals surface area (Å²) in [4.78, 5) is 14.8. The summed E-state index contributed by atoms with van der Waals surface area (Å²) in [6.45, 7) is 0.330. The smallest absolute Gasteiger partial charge is 0.338 e. The van der Waals surface area contributed by atoms with Crippen molar-refractivity contribution < 1.29 is 14.6 Å². The molecule has 0 fully saturated rings. The molecule has 0 atom stereocenters. The molecule has 0 bridgehead atoms. The van der Waals surface area contributed by atoms with E-state index in [1.54, 1.807) is 0 Å². The molecule has 5 nitrogen and oxygen atoms in total. The van der Waals surface area contributed by atoms with Crippen LogP contribution in [0.1, 0.15) is 15.9 Å². The Morgan fingerprint density at radius 1 is 1.33 bits per heavy atom. The molecule has 0 unspecified atom stereocenters. The summed E-state index contributed by atoms with van der Waals surface area (Å²) in [7, 11) is 0. The molecule has 92 valence electrons. The van der Waals surface area contributed by atoms with Crippen LogP contribution in [0.2, 0.25) is 0 Å². The minimum absolute atomic E-state index is 0.00642. The maximum absolute atomic E-state index is 10.9. The van der Waals surface area contributed by atoms with Crippen molar-refractivity contribution >= 4 is 11.7 Å². The van der Waals surface area contributed by atoms with Gasteiger partial charge >= 0.3 is 5.97 Å². The lowest BCUT2D eigenvalue weighted by atomic mass is 10.2. The number of carboxylic acids is 1. The predicted octanol–water partition coefficient (Wildman–Crippen LogP) is 1.94. The maximum Gasteiger partial charge on any atom is 0.338 e. The lowest BCUT2D eigenvalue weighted by molar-refractivity contribution is 0.0697. The number of aromatic nitrogens is 1. The first-order valence-corrected chi connectivity index (χ1v) is 5.32. The number of benzene rings is 1. The number of ether oxygens (including phenoxy) is 1. The number of rotatable bonds is 4. The van der Waals surface area contributed by atoms with Crippen molar-refractivity contribution in [3.8, 4) is 5.88 Å². The van der Waals surface area contributed by atoms with Crippen LogP contribution in [0, 0.1) is 0 Å². The minimum atomic E-state index is -1.10. The molecule has 2 rings (SSSR count). The predicted molar refractivity (Wildman–Crippen MR) is 66.4 cm³/mol. The van der Waals surface area contributed by atoms with E-state index in [0.717, 1.165) is 5.56 Å². The first-order chi connectivity index (χ1) is 8.66. The molecular formula is C13H12N2O3. The lowest BCUT2D eigenvalue weighted by Crippen LogP contribution is -2.05. The van der Waals surface area contributed by atoms with E-state index in [1.807, 2.05) is 30.3 Å². The van der Waals surface area contributed by atoms with Gasteiger partial charge in [-0.1, -0.05) is 30.3 Å².